The number of halogens is 1. The van der Waals surface area contributed by atoms with Gasteiger partial charge in [0.15, 0.2) is 0 Å². The van der Waals surface area contributed by atoms with Gasteiger partial charge in [0.1, 0.15) is 19.0 Å². The molecule has 0 spiro atoms. The van der Waals surface area contributed by atoms with Crippen molar-refractivity contribution in [3.63, 3.8) is 0 Å². The summed E-state index contributed by atoms with van der Waals surface area (Å²) >= 11 is 0. The lowest BCUT2D eigenvalue weighted by molar-refractivity contribution is -0.117. The number of benzene rings is 1. The van der Waals surface area contributed by atoms with E-state index in [4.69, 9.17) is 9.47 Å². The summed E-state index contributed by atoms with van der Waals surface area (Å²) in [4.78, 5) is 11.6. The number of anilines is 1. The number of carbonyl (C=O) groups excluding carboxylic acids is 1. The fraction of sp³-hybridized carbons (Fsp3) is 0.533. The molecule has 112 valence electrons. The molecule has 0 radical (unpaired) electrons. The largest absolute Gasteiger partial charge is 0.491 e. The summed E-state index contributed by atoms with van der Waals surface area (Å²) in [6, 6.07) is 6.85. The van der Waals surface area contributed by atoms with Crippen molar-refractivity contribution >= 4 is 11.6 Å². The molecule has 0 heterocycles. The second kappa shape index (κ2) is 10.2. The van der Waals surface area contributed by atoms with Crippen LogP contribution < -0.4 is 10.1 Å². The zero-order valence-electron chi connectivity index (χ0n) is 11.9. The van der Waals surface area contributed by atoms with E-state index in [2.05, 4.69) is 12.2 Å². The summed E-state index contributed by atoms with van der Waals surface area (Å²) in [5, 5.41) is 2.77. The lowest BCUT2D eigenvalue weighted by Gasteiger charge is -2.07. The number of amides is 1. The van der Waals surface area contributed by atoms with Crippen LogP contribution in [0, 0.1) is 0 Å². The topological polar surface area (TPSA) is 47.6 Å². The number of alkyl halides is 1. The Balaban J connectivity index is 2.24. The molecular weight excluding hydrogens is 261 g/mol. The smallest absolute Gasteiger partial charge is 0.226 e. The molecule has 20 heavy (non-hydrogen) atoms. The van der Waals surface area contributed by atoms with Gasteiger partial charge in [-0.3, -0.25) is 4.79 Å². The van der Waals surface area contributed by atoms with Crippen molar-refractivity contribution in [2.45, 2.75) is 26.2 Å². The molecule has 0 aliphatic carbocycles. The van der Waals surface area contributed by atoms with Gasteiger partial charge in [-0.1, -0.05) is 13.3 Å². The maximum Gasteiger partial charge on any atom is 0.226 e. The fourth-order valence-corrected chi connectivity index (χ4v) is 1.53. The fourth-order valence-electron chi connectivity index (χ4n) is 1.53. The van der Waals surface area contributed by atoms with Gasteiger partial charge in [-0.15, -0.1) is 0 Å². The van der Waals surface area contributed by atoms with Gasteiger partial charge in [0, 0.05) is 12.3 Å². The molecule has 0 saturated carbocycles. The van der Waals surface area contributed by atoms with Crippen LogP contribution in [0.2, 0.25) is 0 Å². The van der Waals surface area contributed by atoms with Gasteiger partial charge in [-0.2, -0.15) is 0 Å². The van der Waals surface area contributed by atoms with Crippen LogP contribution in [0.4, 0.5) is 10.1 Å². The van der Waals surface area contributed by atoms with Crippen LogP contribution >= 0.6 is 0 Å². The highest BCUT2D eigenvalue weighted by atomic mass is 19.1. The predicted molar refractivity (Wildman–Crippen MR) is 76.9 cm³/mol. The Morgan fingerprint density at radius 1 is 1.20 bits per heavy atom. The number of ether oxygens (including phenoxy) is 2. The van der Waals surface area contributed by atoms with Crippen molar-refractivity contribution in [1.29, 1.82) is 0 Å². The maximum absolute atomic E-state index is 11.9. The first kappa shape index (κ1) is 16.4. The van der Waals surface area contributed by atoms with Gasteiger partial charge in [-0.05, 0) is 30.7 Å². The summed E-state index contributed by atoms with van der Waals surface area (Å²) < 4.78 is 22.4. The van der Waals surface area contributed by atoms with Crippen molar-refractivity contribution in [1.82, 2.24) is 0 Å². The molecule has 0 unspecified atom stereocenters. The number of unbranched alkanes of at least 4 members (excludes halogenated alkanes) is 1. The van der Waals surface area contributed by atoms with Gasteiger partial charge in [-0.25, -0.2) is 4.39 Å². The number of hydrogen-bond acceptors (Lipinski definition) is 3. The van der Waals surface area contributed by atoms with Crippen molar-refractivity contribution in [2.75, 3.05) is 31.8 Å². The van der Waals surface area contributed by atoms with Crippen LogP contribution in [0.1, 0.15) is 26.2 Å². The molecule has 1 amide bonds. The second-order valence-electron chi connectivity index (χ2n) is 4.33. The lowest BCUT2D eigenvalue weighted by Crippen LogP contribution is -2.14. The first-order valence-corrected chi connectivity index (χ1v) is 6.92. The van der Waals surface area contributed by atoms with E-state index in [0.717, 1.165) is 12.8 Å². The molecule has 0 aliphatic rings. The summed E-state index contributed by atoms with van der Waals surface area (Å²) in [6.45, 7) is 2.75. The average molecular weight is 283 g/mol. The van der Waals surface area contributed by atoms with Gasteiger partial charge in [0.2, 0.25) is 5.91 Å². The molecule has 1 aromatic carbocycles. The van der Waals surface area contributed by atoms with E-state index >= 15 is 0 Å². The predicted octanol–water partition coefficient (Wildman–Crippen LogP) is 3.18. The average Bonchev–Trinajstić information content (AvgIpc) is 2.46. The Morgan fingerprint density at radius 2 is 1.95 bits per heavy atom. The Morgan fingerprint density at radius 3 is 2.60 bits per heavy atom. The molecule has 1 N–H and O–H groups in total. The van der Waals surface area contributed by atoms with E-state index in [1.165, 1.54) is 0 Å². The Hall–Kier alpha value is -1.62. The van der Waals surface area contributed by atoms with Crippen LogP contribution in [-0.4, -0.2) is 32.4 Å². The molecule has 0 fully saturated rings. The summed E-state index contributed by atoms with van der Waals surface area (Å²) in [6.07, 6.45) is 2.44. The lowest BCUT2D eigenvalue weighted by atomic mass is 10.3. The highest BCUT2D eigenvalue weighted by molar-refractivity contribution is 5.90. The van der Waals surface area contributed by atoms with Crippen LogP contribution in [0.5, 0.6) is 5.75 Å². The minimum absolute atomic E-state index is 0.0425. The van der Waals surface area contributed by atoms with E-state index in [1.807, 2.05) is 0 Å². The third-order valence-corrected chi connectivity index (χ3v) is 2.60. The number of rotatable bonds is 10. The standard InChI is InChI=1S/C15H22FNO3/c1-2-3-10-19-11-8-15(18)17-13-4-6-14(7-5-13)20-12-9-16/h4-7H,2-3,8-12H2,1H3,(H,17,18). The summed E-state index contributed by atoms with van der Waals surface area (Å²) in [5.74, 6) is 0.502. The minimum Gasteiger partial charge on any atom is -0.491 e. The van der Waals surface area contributed by atoms with Crippen molar-refractivity contribution < 1.29 is 18.7 Å². The highest BCUT2D eigenvalue weighted by Gasteiger charge is 2.02. The zero-order chi connectivity index (χ0) is 14.6. The van der Waals surface area contributed by atoms with Crippen LogP contribution in [0.3, 0.4) is 0 Å². The quantitative estimate of drug-likeness (QED) is 0.671. The SMILES string of the molecule is CCCCOCCC(=O)Nc1ccc(OCCF)cc1. The van der Waals surface area contributed by atoms with E-state index < -0.39 is 6.67 Å². The molecule has 4 nitrogen and oxygen atoms in total. The van der Waals surface area contributed by atoms with E-state index in [9.17, 15) is 9.18 Å². The Labute approximate surface area is 119 Å². The monoisotopic (exact) mass is 283 g/mol. The summed E-state index contributed by atoms with van der Waals surface area (Å²) in [7, 11) is 0. The number of hydrogen-bond donors (Lipinski definition) is 1. The van der Waals surface area contributed by atoms with Crippen LogP contribution in [0.15, 0.2) is 24.3 Å². The second-order valence-corrected chi connectivity index (χ2v) is 4.33. The van der Waals surface area contributed by atoms with Gasteiger partial charge < -0.3 is 14.8 Å². The maximum atomic E-state index is 11.9. The first-order valence-electron chi connectivity index (χ1n) is 6.92. The third-order valence-electron chi connectivity index (χ3n) is 2.60. The molecular formula is C15H22FNO3. The van der Waals surface area contributed by atoms with Crippen molar-refractivity contribution in [3.8, 4) is 5.75 Å². The Bertz CT molecular complexity index is 381. The van der Waals surface area contributed by atoms with Crippen LogP contribution in [0.25, 0.3) is 0 Å². The molecule has 1 rings (SSSR count). The molecule has 0 aromatic heterocycles. The molecule has 5 heteroatoms. The third kappa shape index (κ3) is 7.09. The molecule has 1 aromatic rings. The molecule has 0 bridgehead atoms. The molecule has 0 aliphatic heterocycles. The van der Waals surface area contributed by atoms with Crippen molar-refractivity contribution in [2.24, 2.45) is 0 Å². The van der Waals surface area contributed by atoms with E-state index in [1.54, 1.807) is 24.3 Å². The van der Waals surface area contributed by atoms with Crippen LogP contribution in [-0.2, 0) is 9.53 Å². The number of carbonyl (C=O) groups is 1. The van der Waals surface area contributed by atoms with Crippen molar-refractivity contribution in [3.05, 3.63) is 24.3 Å². The zero-order valence-corrected chi connectivity index (χ0v) is 11.9. The molecule has 0 saturated heterocycles. The first-order chi connectivity index (χ1) is 9.76. The molecule has 0 atom stereocenters. The Kier molecular flexibility index (Phi) is 8.38. The van der Waals surface area contributed by atoms with Gasteiger partial charge >= 0.3 is 0 Å². The van der Waals surface area contributed by atoms with E-state index in [0.29, 0.717) is 31.1 Å². The van der Waals surface area contributed by atoms with E-state index in [-0.39, 0.29) is 12.5 Å². The minimum atomic E-state index is -0.517. The number of nitrogens with one attached hydrogen (secondary N) is 1. The normalized spacial score (nSPS) is 10.3. The highest BCUT2D eigenvalue weighted by Crippen LogP contribution is 2.15. The van der Waals surface area contributed by atoms with Gasteiger partial charge in [0.25, 0.3) is 0 Å². The van der Waals surface area contributed by atoms with Gasteiger partial charge in [0.05, 0.1) is 13.0 Å². The summed E-state index contributed by atoms with van der Waals surface area (Å²) in [5.41, 5.74) is 0.691.